The van der Waals surface area contributed by atoms with Gasteiger partial charge in [0.2, 0.25) is 5.75 Å². The highest BCUT2D eigenvalue weighted by molar-refractivity contribution is 5.67. The molecule has 6 heteroatoms. The first-order valence-electron chi connectivity index (χ1n) is 4.82. The summed E-state index contributed by atoms with van der Waals surface area (Å²) in [4.78, 5) is 3.79. The molecule has 0 aliphatic rings. The molecule has 1 aromatic carbocycles. The van der Waals surface area contributed by atoms with Crippen molar-refractivity contribution in [2.45, 2.75) is 0 Å². The van der Waals surface area contributed by atoms with E-state index in [1.165, 1.54) is 20.4 Å². The average molecular weight is 236 g/mol. The van der Waals surface area contributed by atoms with Gasteiger partial charge in [-0.25, -0.2) is 4.98 Å². The largest absolute Gasteiger partial charge is 0.502 e. The summed E-state index contributed by atoms with van der Waals surface area (Å²) < 4.78 is 15.2. The predicted octanol–water partition coefficient (Wildman–Crippen LogP) is 1.65. The maximum absolute atomic E-state index is 9.74. The number of oxazole rings is 1. The molecule has 0 spiro atoms. The number of nitrogens with two attached hydrogens (primary N) is 1. The molecule has 1 heterocycles. The molecule has 3 N–H and O–H groups in total. The molecule has 2 aromatic rings. The lowest BCUT2D eigenvalue weighted by Crippen LogP contribution is -1.90. The first kappa shape index (κ1) is 11.1. The molecule has 0 saturated carbocycles. The number of aromatic nitrogens is 1. The minimum absolute atomic E-state index is 0.0637. The van der Waals surface area contributed by atoms with Crippen LogP contribution >= 0.6 is 0 Å². The van der Waals surface area contributed by atoms with Crippen molar-refractivity contribution in [1.29, 1.82) is 0 Å². The lowest BCUT2D eigenvalue weighted by atomic mass is 10.1. The van der Waals surface area contributed by atoms with Gasteiger partial charge in [0.05, 0.1) is 20.4 Å². The van der Waals surface area contributed by atoms with Gasteiger partial charge in [0.25, 0.3) is 6.01 Å². The van der Waals surface area contributed by atoms with E-state index in [1.807, 2.05) is 0 Å². The van der Waals surface area contributed by atoms with Gasteiger partial charge in [0, 0.05) is 5.56 Å². The van der Waals surface area contributed by atoms with E-state index < -0.39 is 0 Å². The Bertz CT molecular complexity index is 511. The molecular weight excluding hydrogens is 224 g/mol. The molecule has 0 amide bonds. The van der Waals surface area contributed by atoms with E-state index in [1.54, 1.807) is 12.1 Å². The zero-order valence-electron chi connectivity index (χ0n) is 9.43. The summed E-state index contributed by atoms with van der Waals surface area (Å²) in [6, 6.07) is 3.29. The Morgan fingerprint density at radius 2 is 1.82 bits per heavy atom. The molecule has 90 valence electrons. The van der Waals surface area contributed by atoms with Gasteiger partial charge in [-0.2, -0.15) is 0 Å². The minimum Gasteiger partial charge on any atom is -0.502 e. The van der Waals surface area contributed by atoms with E-state index >= 15 is 0 Å². The van der Waals surface area contributed by atoms with Gasteiger partial charge in [-0.3, -0.25) is 0 Å². The van der Waals surface area contributed by atoms with Crippen LogP contribution in [0.3, 0.4) is 0 Å². The number of nitrogen functional groups attached to an aromatic ring is 1. The summed E-state index contributed by atoms with van der Waals surface area (Å²) in [5.41, 5.74) is 6.05. The lowest BCUT2D eigenvalue weighted by molar-refractivity contribution is 0.340. The summed E-state index contributed by atoms with van der Waals surface area (Å²) in [5, 5.41) is 9.74. The van der Waals surface area contributed by atoms with Crippen LogP contribution in [0.2, 0.25) is 0 Å². The topological polar surface area (TPSA) is 90.7 Å². The van der Waals surface area contributed by atoms with Crippen LogP contribution in [0.4, 0.5) is 6.01 Å². The predicted molar refractivity (Wildman–Crippen MR) is 61.1 cm³/mol. The number of phenolic OH excluding ortho intramolecular Hbond substituents is 1. The number of nitrogens with zero attached hydrogens (tertiary/aromatic N) is 1. The van der Waals surface area contributed by atoms with Crippen molar-refractivity contribution >= 4 is 6.01 Å². The molecule has 1 aromatic heterocycles. The van der Waals surface area contributed by atoms with Gasteiger partial charge in [-0.1, -0.05) is 0 Å². The third kappa shape index (κ3) is 1.96. The van der Waals surface area contributed by atoms with Crippen molar-refractivity contribution in [2.24, 2.45) is 0 Å². The molecule has 0 unspecified atom stereocenters. The fraction of sp³-hybridized carbons (Fsp3) is 0.182. The van der Waals surface area contributed by atoms with Crippen LogP contribution in [0.1, 0.15) is 0 Å². The number of benzene rings is 1. The summed E-state index contributed by atoms with van der Waals surface area (Å²) in [7, 11) is 2.90. The fourth-order valence-electron chi connectivity index (χ4n) is 1.46. The lowest BCUT2D eigenvalue weighted by Gasteiger charge is -2.09. The van der Waals surface area contributed by atoms with E-state index in [9.17, 15) is 5.11 Å². The number of methoxy groups -OCH3 is 2. The van der Waals surface area contributed by atoms with Crippen molar-refractivity contribution in [1.82, 2.24) is 4.98 Å². The number of aromatic hydroxyl groups is 1. The number of hydrogen-bond acceptors (Lipinski definition) is 6. The zero-order chi connectivity index (χ0) is 12.4. The Hall–Kier alpha value is -2.37. The molecule has 2 rings (SSSR count). The maximum atomic E-state index is 9.74. The second-order valence-corrected chi connectivity index (χ2v) is 3.29. The van der Waals surface area contributed by atoms with E-state index in [0.29, 0.717) is 11.3 Å². The number of rotatable bonds is 3. The van der Waals surface area contributed by atoms with E-state index in [0.717, 1.165) is 0 Å². The van der Waals surface area contributed by atoms with Gasteiger partial charge >= 0.3 is 0 Å². The van der Waals surface area contributed by atoms with Crippen LogP contribution in [0.5, 0.6) is 17.2 Å². The van der Waals surface area contributed by atoms with Crippen LogP contribution < -0.4 is 15.2 Å². The molecule has 0 bridgehead atoms. The van der Waals surface area contributed by atoms with Crippen LogP contribution in [0.25, 0.3) is 11.3 Å². The molecule has 0 aliphatic carbocycles. The molecule has 6 nitrogen and oxygen atoms in total. The SMILES string of the molecule is COc1cc(-c2cnc(N)o2)cc(OC)c1O. The van der Waals surface area contributed by atoms with Crippen LogP contribution in [0, 0.1) is 0 Å². The van der Waals surface area contributed by atoms with Gasteiger partial charge in [-0.15, -0.1) is 0 Å². The molecule has 0 atom stereocenters. The molecule has 0 aliphatic heterocycles. The third-order valence-electron chi connectivity index (χ3n) is 2.29. The summed E-state index contributed by atoms with van der Waals surface area (Å²) in [6.45, 7) is 0. The van der Waals surface area contributed by atoms with Gasteiger partial charge in [-0.05, 0) is 12.1 Å². The Labute approximate surface area is 97.6 Å². The standard InChI is InChI=1S/C11H12N2O4/c1-15-7-3-6(4-8(16-2)10(7)14)9-5-13-11(12)17-9/h3-5,14H,1-2H3,(H2,12,13). The molecule has 0 fully saturated rings. The van der Waals surface area contributed by atoms with Crippen LogP contribution in [0.15, 0.2) is 22.7 Å². The van der Waals surface area contributed by atoms with Crippen LogP contribution in [-0.4, -0.2) is 24.3 Å². The van der Waals surface area contributed by atoms with Crippen LogP contribution in [-0.2, 0) is 0 Å². The van der Waals surface area contributed by atoms with E-state index in [-0.39, 0.29) is 23.3 Å². The Morgan fingerprint density at radius 1 is 1.24 bits per heavy atom. The highest BCUT2D eigenvalue weighted by atomic mass is 16.5. The van der Waals surface area contributed by atoms with E-state index in [2.05, 4.69) is 4.98 Å². The van der Waals surface area contributed by atoms with Gasteiger partial charge < -0.3 is 24.7 Å². The number of hydrogen-bond donors (Lipinski definition) is 2. The molecule has 17 heavy (non-hydrogen) atoms. The number of ether oxygens (including phenoxy) is 2. The normalized spacial score (nSPS) is 10.2. The highest BCUT2D eigenvalue weighted by Gasteiger charge is 2.14. The Morgan fingerprint density at radius 3 is 2.24 bits per heavy atom. The first-order chi connectivity index (χ1) is 8.15. The van der Waals surface area contributed by atoms with Gasteiger partial charge in [0.15, 0.2) is 17.3 Å². The highest BCUT2D eigenvalue weighted by Crippen LogP contribution is 2.40. The summed E-state index contributed by atoms with van der Waals surface area (Å²) in [6.07, 6.45) is 1.49. The fourth-order valence-corrected chi connectivity index (χ4v) is 1.46. The zero-order valence-corrected chi connectivity index (χ0v) is 9.43. The smallest absolute Gasteiger partial charge is 0.292 e. The number of phenols is 1. The Kier molecular flexibility index (Phi) is 2.78. The molecule has 0 radical (unpaired) electrons. The minimum atomic E-state index is -0.0637. The second kappa shape index (κ2) is 4.25. The third-order valence-corrected chi connectivity index (χ3v) is 2.29. The van der Waals surface area contributed by atoms with Crippen molar-refractivity contribution in [2.75, 3.05) is 20.0 Å². The quantitative estimate of drug-likeness (QED) is 0.841. The monoisotopic (exact) mass is 236 g/mol. The van der Waals surface area contributed by atoms with Crippen molar-refractivity contribution in [3.8, 4) is 28.6 Å². The average Bonchev–Trinajstić information content (AvgIpc) is 2.76. The van der Waals surface area contributed by atoms with Crippen molar-refractivity contribution in [3.63, 3.8) is 0 Å². The Balaban J connectivity index is 2.55. The van der Waals surface area contributed by atoms with Gasteiger partial charge in [0.1, 0.15) is 0 Å². The summed E-state index contributed by atoms with van der Waals surface area (Å²) >= 11 is 0. The number of anilines is 1. The second-order valence-electron chi connectivity index (χ2n) is 3.29. The maximum Gasteiger partial charge on any atom is 0.292 e. The van der Waals surface area contributed by atoms with Crippen molar-refractivity contribution in [3.05, 3.63) is 18.3 Å². The van der Waals surface area contributed by atoms with Crippen molar-refractivity contribution < 1.29 is 19.0 Å². The first-order valence-corrected chi connectivity index (χ1v) is 4.82. The molecule has 0 saturated heterocycles. The molecular formula is C11H12N2O4. The van der Waals surface area contributed by atoms with E-state index in [4.69, 9.17) is 19.6 Å². The summed E-state index contributed by atoms with van der Waals surface area (Å²) in [5.74, 6) is 0.981.